The maximum atomic E-state index is 11.7. The van der Waals surface area contributed by atoms with Crippen LogP contribution in [0.3, 0.4) is 0 Å². The molecule has 1 aromatic heterocycles. The number of hydrogen-bond donors (Lipinski definition) is 1. The van der Waals surface area contributed by atoms with E-state index in [2.05, 4.69) is 4.98 Å². The largest absolute Gasteiger partial charge is 0.369 e. The fourth-order valence-corrected chi connectivity index (χ4v) is 2.50. The van der Waals surface area contributed by atoms with Gasteiger partial charge in [-0.15, -0.1) is 24.8 Å². The summed E-state index contributed by atoms with van der Waals surface area (Å²) >= 11 is 0. The van der Waals surface area contributed by atoms with Crippen LogP contribution in [0.25, 0.3) is 0 Å². The Morgan fingerprint density at radius 1 is 1.12 bits per heavy atom. The molecule has 0 radical (unpaired) electrons. The standard InChI is InChI=1S/C12H16N2O.2ClH/c13-11(15)12(6-2-1-3-7-12)10-4-8-14-9-5-10;;/h4-5,8-9H,1-3,6-7H2,(H2,13,15);2*1H. The second-order valence-corrected chi connectivity index (χ2v) is 4.24. The molecular weight excluding hydrogens is 259 g/mol. The number of carbonyl (C=O) groups excluding carboxylic acids is 1. The number of pyridine rings is 1. The minimum Gasteiger partial charge on any atom is -0.369 e. The molecule has 0 spiro atoms. The monoisotopic (exact) mass is 276 g/mol. The number of aromatic nitrogens is 1. The van der Waals surface area contributed by atoms with E-state index in [-0.39, 0.29) is 30.7 Å². The summed E-state index contributed by atoms with van der Waals surface area (Å²) in [5.74, 6) is -0.187. The molecule has 2 N–H and O–H groups in total. The average molecular weight is 277 g/mol. The zero-order chi connectivity index (χ0) is 10.7. The van der Waals surface area contributed by atoms with Crippen LogP contribution in [-0.2, 0) is 10.2 Å². The summed E-state index contributed by atoms with van der Waals surface area (Å²) in [6.45, 7) is 0. The van der Waals surface area contributed by atoms with Crippen molar-refractivity contribution in [2.45, 2.75) is 37.5 Å². The summed E-state index contributed by atoms with van der Waals surface area (Å²) in [4.78, 5) is 15.7. The Labute approximate surface area is 114 Å². The summed E-state index contributed by atoms with van der Waals surface area (Å²) in [5, 5.41) is 0. The fourth-order valence-electron chi connectivity index (χ4n) is 2.50. The van der Waals surface area contributed by atoms with E-state index in [0.717, 1.165) is 31.2 Å². The zero-order valence-electron chi connectivity index (χ0n) is 9.59. The Hall–Kier alpha value is -0.800. The van der Waals surface area contributed by atoms with Gasteiger partial charge in [0.25, 0.3) is 0 Å². The first-order valence-electron chi connectivity index (χ1n) is 5.46. The third-order valence-electron chi connectivity index (χ3n) is 3.41. The van der Waals surface area contributed by atoms with Gasteiger partial charge in [0.1, 0.15) is 0 Å². The maximum absolute atomic E-state index is 11.7. The maximum Gasteiger partial charge on any atom is 0.228 e. The van der Waals surface area contributed by atoms with Crippen molar-refractivity contribution >= 4 is 30.7 Å². The molecule has 0 bridgehead atoms. The van der Waals surface area contributed by atoms with Crippen molar-refractivity contribution < 1.29 is 4.79 Å². The number of hydrogen-bond acceptors (Lipinski definition) is 2. The summed E-state index contributed by atoms with van der Waals surface area (Å²) in [6, 6.07) is 3.83. The van der Waals surface area contributed by atoms with E-state index >= 15 is 0 Å². The highest BCUT2D eigenvalue weighted by Crippen LogP contribution is 2.38. The van der Waals surface area contributed by atoms with Gasteiger partial charge in [-0.25, -0.2) is 0 Å². The van der Waals surface area contributed by atoms with Gasteiger partial charge >= 0.3 is 0 Å². The lowest BCUT2D eigenvalue weighted by Crippen LogP contribution is -2.42. The van der Waals surface area contributed by atoms with Crippen LogP contribution >= 0.6 is 24.8 Å². The van der Waals surface area contributed by atoms with Gasteiger partial charge in [-0.3, -0.25) is 9.78 Å². The van der Waals surface area contributed by atoms with Crippen LogP contribution in [0.1, 0.15) is 37.7 Å². The van der Waals surface area contributed by atoms with Crippen molar-refractivity contribution in [1.82, 2.24) is 4.98 Å². The lowest BCUT2D eigenvalue weighted by molar-refractivity contribution is -0.124. The normalized spacial score (nSPS) is 17.4. The molecule has 17 heavy (non-hydrogen) atoms. The van der Waals surface area contributed by atoms with Crippen LogP contribution < -0.4 is 5.73 Å². The van der Waals surface area contributed by atoms with Crippen LogP contribution in [-0.4, -0.2) is 10.9 Å². The lowest BCUT2D eigenvalue weighted by Gasteiger charge is -2.34. The summed E-state index contributed by atoms with van der Waals surface area (Å²) in [7, 11) is 0. The third kappa shape index (κ3) is 3.11. The topological polar surface area (TPSA) is 56.0 Å². The van der Waals surface area contributed by atoms with Gasteiger partial charge in [0.15, 0.2) is 0 Å². The Morgan fingerprint density at radius 2 is 1.65 bits per heavy atom. The Kier molecular flexibility index (Phi) is 6.50. The molecule has 0 atom stereocenters. The van der Waals surface area contributed by atoms with E-state index in [4.69, 9.17) is 5.73 Å². The summed E-state index contributed by atoms with van der Waals surface area (Å²) < 4.78 is 0. The second-order valence-electron chi connectivity index (χ2n) is 4.24. The quantitative estimate of drug-likeness (QED) is 0.903. The molecule has 0 unspecified atom stereocenters. The molecule has 1 fully saturated rings. The van der Waals surface area contributed by atoms with Crippen molar-refractivity contribution in [3.63, 3.8) is 0 Å². The van der Waals surface area contributed by atoms with Crippen LogP contribution in [0.2, 0.25) is 0 Å². The molecule has 0 saturated heterocycles. The van der Waals surface area contributed by atoms with E-state index in [0.29, 0.717) is 0 Å². The summed E-state index contributed by atoms with van der Waals surface area (Å²) in [5.41, 5.74) is 6.18. The van der Waals surface area contributed by atoms with Gasteiger partial charge in [-0.05, 0) is 30.5 Å². The lowest BCUT2D eigenvalue weighted by atomic mass is 9.69. The highest BCUT2D eigenvalue weighted by molar-refractivity contribution is 5.86. The van der Waals surface area contributed by atoms with Gasteiger partial charge in [0, 0.05) is 12.4 Å². The SMILES string of the molecule is Cl.Cl.NC(=O)C1(c2ccncc2)CCCCC1. The number of amides is 1. The number of primary amides is 1. The van der Waals surface area contributed by atoms with Crippen LogP contribution in [0.15, 0.2) is 24.5 Å². The average Bonchev–Trinajstić information content (AvgIpc) is 2.31. The minimum absolute atomic E-state index is 0. The Morgan fingerprint density at radius 3 is 2.12 bits per heavy atom. The van der Waals surface area contributed by atoms with Crippen molar-refractivity contribution in [3.8, 4) is 0 Å². The molecule has 96 valence electrons. The molecular formula is C12H18Cl2N2O. The van der Waals surface area contributed by atoms with Crippen LogP contribution in [0.4, 0.5) is 0 Å². The Bertz CT molecular complexity index is 351. The minimum atomic E-state index is -0.429. The molecule has 2 rings (SSSR count). The zero-order valence-corrected chi connectivity index (χ0v) is 11.2. The van der Waals surface area contributed by atoms with Gasteiger partial charge in [-0.2, -0.15) is 0 Å². The van der Waals surface area contributed by atoms with Crippen molar-refractivity contribution in [3.05, 3.63) is 30.1 Å². The van der Waals surface area contributed by atoms with E-state index in [1.807, 2.05) is 12.1 Å². The predicted molar refractivity (Wildman–Crippen MR) is 72.7 cm³/mol. The van der Waals surface area contributed by atoms with Gasteiger partial charge in [0.05, 0.1) is 5.41 Å². The predicted octanol–water partition coefficient (Wildman–Crippen LogP) is 2.61. The highest BCUT2D eigenvalue weighted by Gasteiger charge is 2.39. The van der Waals surface area contributed by atoms with E-state index in [1.54, 1.807) is 12.4 Å². The first-order valence-corrected chi connectivity index (χ1v) is 5.46. The Balaban J connectivity index is 0.00000128. The second kappa shape index (κ2) is 6.82. The van der Waals surface area contributed by atoms with Gasteiger partial charge in [-0.1, -0.05) is 19.3 Å². The van der Waals surface area contributed by atoms with Crippen molar-refractivity contribution in [2.24, 2.45) is 5.73 Å². The van der Waals surface area contributed by atoms with E-state index in [9.17, 15) is 4.79 Å². The van der Waals surface area contributed by atoms with Crippen molar-refractivity contribution in [2.75, 3.05) is 0 Å². The third-order valence-corrected chi connectivity index (χ3v) is 3.41. The van der Waals surface area contributed by atoms with Gasteiger partial charge in [0.2, 0.25) is 5.91 Å². The van der Waals surface area contributed by atoms with E-state index in [1.165, 1.54) is 6.42 Å². The van der Waals surface area contributed by atoms with Gasteiger partial charge < -0.3 is 5.73 Å². The molecule has 1 amide bonds. The summed E-state index contributed by atoms with van der Waals surface area (Å²) in [6.07, 6.45) is 8.61. The first kappa shape index (κ1) is 16.2. The number of carbonyl (C=O) groups is 1. The molecule has 1 aliphatic carbocycles. The van der Waals surface area contributed by atoms with Crippen LogP contribution in [0.5, 0.6) is 0 Å². The molecule has 0 aromatic carbocycles. The van der Waals surface area contributed by atoms with Crippen LogP contribution in [0, 0.1) is 0 Å². The molecule has 0 aliphatic heterocycles. The molecule has 1 aromatic rings. The highest BCUT2D eigenvalue weighted by atomic mass is 35.5. The smallest absolute Gasteiger partial charge is 0.228 e. The molecule has 1 heterocycles. The number of rotatable bonds is 2. The number of nitrogens with zero attached hydrogens (tertiary/aromatic N) is 1. The molecule has 1 aliphatic rings. The molecule has 5 heteroatoms. The molecule has 3 nitrogen and oxygen atoms in total. The van der Waals surface area contributed by atoms with Crippen molar-refractivity contribution in [1.29, 1.82) is 0 Å². The fraction of sp³-hybridized carbons (Fsp3) is 0.500. The molecule has 1 saturated carbocycles. The number of halogens is 2. The van der Waals surface area contributed by atoms with E-state index < -0.39 is 5.41 Å². The number of nitrogens with two attached hydrogens (primary N) is 1. The first-order chi connectivity index (χ1) is 7.26.